The molecule has 0 bridgehead atoms. The van der Waals surface area contributed by atoms with Crippen molar-refractivity contribution < 1.29 is 4.74 Å². The maximum absolute atomic E-state index is 5.86. The van der Waals surface area contributed by atoms with Crippen molar-refractivity contribution in [1.29, 1.82) is 0 Å². The molecule has 0 aliphatic rings. The van der Waals surface area contributed by atoms with Crippen LogP contribution in [0, 0.1) is 5.92 Å². The first kappa shape index (κ1) is 13.3. The van der Waals surface area contributed by atoms with Gasteiger partial charge in [-0.25, -0.2) is 0 Å². The lowest BCUT2D eigenvalue weighted by Crippen LogP contribution is -2.13. The highest BCUT2D eigenvalue weighted by Gasteiger charge is 2.07. The molecule has 0 fully saturated rings. The minimum atomic E-state index is 0.580. The Hall–Kier alpha value is -0.760. The number of ether oxygens (including phenoxy) is 1. The second-order valence-corrected chi connectivity index (χ2v) is 4.49. The smallest absolute Gasteiger partial charge is 0.122 e. The summed E-state index contributed by atoms with van der Waals surface area (Å²) in [5.74, 6) is 1.57. The number of alkyl halides is 1. The van der Waals surface area contributed by atoms with E-state index in [1.54, 1.807) is 0 Å². The summed E-state index contributed by atoms with van der Waals surface area (Å²) in [5, 5.41) is 0.993. The van der Waals surface area contributed by atoms with Gasteiger partial charge in [0.2, 0.25) is 0 Å². The van der Waals surface area contributed by atoms with Crippen LogP contribution in [-0.2, 0) is 6.42 Å². The normalized spacial score (nSPS) is 12.1. The van der Waals surface area contributed by atoms with Crippen molar-refractivity contribution in [3.05, 3.63) is 42.5 Å². The van der Waals surface area contributed by atoms with Crippen LogP contribution < -0.4 is 4.74 Å². The van der Waals surface area contributed by atoms with Crippen molar-refractivity contribution >= 4 is 15.9 Å². The number of benzene rings is 1. The van der Waals surface area contributed by atoms with Crippen LogP contribution in [0.3, 0.4) is 0 Å². The van der Waals surface area contributed by atoms with Crippen LogP contribution in [-0.4, -0.2) is 11.9 Å². The van der Waals surface area contributed by atoms with Crippen molar-refractivity contribution in [2.24, 2.45) is 5.92 Å². The van der Waals surface area contributed by atoms with E-state index in [9.17, 15) is 0 Å². The molecule has 0 radical (unpaired) electrons. The van der Waals surface area contributed by atoms with Gasteiger partial charge in [0.1, 0.15) is 5.75 Å². The van der Waals surface area contributed by atoms with Gasteiger partial charge in [0.25, 0.3) is 0 Å². The van der Waals surface area contributed by atoms with E-state index in [2.05, 4.69) is 35.5 Å². The van der Waals surface area contributed by atoms with E-state index in [0.29, 0.717) is 5.92 Å². The van der Waals surface area contributed by atoms with Crippen molar-refractivity contribution in [3.63, 3.8) is 0 Å². The molecule has 16 heavy (non-hydrogen) atoms. The van der Waals surface area contributed by atoms with E-state index >= 15 is 0 Å². The second-order valence-electron chi connectivity index (χ2n) is 3.84. The molecule has 0 N–H and O–H groups in total. The van der Waals surface area contributed by atoms with E-state index in [1.165, 1.54) is 5.56 Å². The van der Waals surface area contributed by atoms with E-state index in [-0.39, 0.29) is 0 Å². The lowest BCUT2D eigenvalue weighted by Gasteiger charge is -2.15. The number of halogens is 1. The monoisotopic (exact) mass is 282 g/mol. The Labute approximate surface area is 107 Å². The average Bonchev–Trinajstić information content (AvgIpc) is 2.33. The number of hydrogen-bond acceptors (Lipinski definition) is 1. The van der Waals surface area contributed by atoms with Crippen LogP contribution in [0.4, 0.5) is 0 Å². The van der Waals surface area contributed by atoms with Crippen molar-refractivity contribution in [1.82, 2.24) is 0 Å². The number of allylic oxidation sites excluding steroid dienone is 1. The Morgan fingerprint density at radius 1 is 1.44 bits per heavy atom. The first-order chi connectivity index (χ1) is 7.81. The van der Waals surface area contributed by atoms with Gasteiger partial charge in [0, 0.05) is 11.2 Å². The summed E-state index contributed by atoms with van der Waals surface area (Å²) in [4.78, 5) is 0. The standard InChI is InChI=1S/C14H19BrO/c1-3-7-13-8-5-6-9-14(13)16-11-12(4-2)10-15/h3,5-6,8-9,12H,1,4,7,10-11H2,2H3. The van der Waals surface area contributed by atoms with Gasteiger partial charge in [0.05, 0.1) is 6.61 Å². The molecule has 0 saturated carbocycles. The number of hydrogen-bond donors (Lipinski definition) is 0. The molecule has 0 aliphatic carbocycles. The first-order valence-corrected chi connectivity index (χ1v) is 6.81. The van der Waals surface area contributed by atoms with E-state index < -0.39 is 0 Å². The highest BCUT2D eigenvalue weighted by molar-refractivity contribution is 9.09. The van der Waals surface area contributed by atoms with Gasteiger partial charge in [-0.05, 0) is 24.5 Å². The molecule has 0 aromatic heterocycles. The van der Waals surface area contributed by atoms with E-state index in [4.69, 9.17) is 4.74 Å². The lowest BCUT2D eigenvalue weighted by atomic mass is 10.1. The Bertz CT molecular complexity index is 318. The zero-order chi connectivity index (χ0) is 11.8. The van der Waals surface area contributed by atoms with E-state index in [1.807, 2.05) is 24.3 Å². The van der Waals surface area contributed by atoms with Gasteiger partial charge < -0.3 is 4.74 Å². The molecular weight excluding hydrogens is 264 g/mol. The quantitative estimate of drug-likeness (QED) is 0.538. The molecule has 1 aromatic carbocycles. The van der Waals surface area contributed by atoms with Gasteiger partial charge in [0.15, 0.2) is 0 Å². The van der Waals surface area contributed by atoms with Crippen LogP contribution >= 0.6 is 15.9 Å². The molecule has 0 amide bonds. The SMILES string of the molecule is C=CCc1ccccc1OCC(CC)CBr. The van der Waals surface area contributed by atoms with Gasteiger partial charge in [-0.1, -0.05) is 47.1 Å². The van der Waals surface area contributed by atoms with Gasteiger partial charge in [-0.2, -0.15) is 0 Å². The van der Waals surface area contributed by atoms with Crippen LogP contribution in [0.15, 0.2) is 36.9 Å². The summed E-state index contributed by atoms with van der Waals surface area (Å²) in [7, 11) is 0. The van der Waals surface area contributed by atoms with Crippen molar-refractivity contribution in [2.75, 3.05) is 11.9 Å². The summed E-state index contributed by atoms with van der Waals surface area (Å²) in [5.41, 5.74) is 1.21. The zero-order valence-electron chi connectivity index (χ0n) is 9.79. The van der Waals surface area contributed by atoms with Crippen LogP contribution in [0.25, 0.3) is 0 Å². The highest BCUT2D eigenvalue weighted by Crippen LogP contribution is 2.20. The molecular formula is C14H19BrO. The summed E-state index contributed by atoms with van der Waals surface area (Å²) in [6.07, 6.45) is 3.90. The first-order valence-electron chi connectivity index (χ1n) is 5.69. The summed E-state index contributed by atoms with van der Waals surface area (Å²) >= 11 is 3.50. The fourth-order valence-electron chi connectivity index (χ4n) is 1.45. The minimum absolute atomic E-state index is 0.580. The summed E-state index contributed by atoms with van der Waals surface area (Å²) < 4.78 is 5.86. The maximum Gasteiger partial charge on any atom is 0.122 e. The van der Waals surface area contributed by atoms with E-state index in [0.717, 1.165) is 30.5 Å². The van der Waals surface area contributed by atoms with Crippen LogP contribution in [0.5, 0.6) is 5.75 Å². The maximum atomic E-state index is 5.86. The largest absolute Gasteiger partial charge is 0.493 e. The Kier molecular flexibility index (Phi) is 6.24. The van der Waals surface area contributed by atoms with Crippen LogP contribution in [0.2, 0.25) is 0 Å². The molecule has 1 rings (SSSR count). The van der Waals surface area contributed by atoms with Gasteiger partial charge in [-0.3, -0.25) is 0 Å². The number of rotatable bonds is 7. The van der Waals surface area contributed by atoms with Crippen molar-refractivity contribution in [2.45, 2.75) is 19.8 Å². The topological polar surface area (TPSA) is 9.23 Å². The van der Waals surface area contributed by atoms with Crippen molar-refractivity contribution in [3.8, 4) is 5.75 Å². The fraction of sp³-hybridized carbons (Fsp3) is 0.429. The molecule has 1 aromatic rings. The third-order valence-electron chi connectivity index (χ3n) is 2.61. The molecule has 2 heteroatoms. The predicted molar refractivity (Wildman–Crippen MR) is 73.4 cm³/mol. The van der Waals surface area contributed by atoms with Gasteiger partial charge in [-0.15, -0.1) is 6.58 Å². The Morgan fingerprint density at radius 3 is 2.81 bits per heavy atom. The summed E-state index contributed by atoms with van der Waals surface area (Å²) in [6, 6.07) is 8.16. The molecule has 1 atom stereocenters. The molecule has 1 nitrogen and oxygen atoms in total. The average molecular weight is 283 g/mol. The van der Waals surface area contributed by atoms with Crippen LogP contribution in [0.1, 0.15) is 18.9 Å². The third kappa shape index (κ3) is 4.01. The Morgan fingerprint density at radius 2 is 2.19 bits per heavy atom. The fourth-order valence-corrected chi connectivity index (χ4v) is 2.09. The highest BCUT2D eigenvalue weighted by atomic mass is 79.9. The summed E-state index contributed by atoms with van der Waals surface area (Å²) in [6.45, 7) is 6.72. The Balaban J connectivity index is 2.61. The second kappa shape index (κ2) is 7.50. The molecule has 88 valence electrons. The lowest BCUT2D eigenvalue weighted by molar-refractivity contribution is 0.258. The molecule has 1 unspecified atom stereocenters. The third-order valence-corrected chi connectivity index (χ3v) is 3.52. The molecule has 0 heterocycles. The number of para-hydroxylation sites is 1. The molecule has 0 saturated heterocycles. The van der Waals surface area contributed by atoms with Gasteiger partial charge >= 0.3 is 0 Å². The molecule has 0 spiro atoms. The minimum Gasteiger partial charge on any atom is -0.493 e. The molecule has 0 aliphatic heterocycles. The zero-order valence-corrected chi connectivity index (χ0v) is 11.4. The predicted octanol–water partition coefficient (Wildman–Crippen LogP) is 4.22.